The standard InChI is InChI=1S/C24H29N5O/c1-5-17(6-2)29-15(3)13-19-21(29)12-11-20-22(19)23(25)28-24(27-20)26-14-16-7-9-18(30-4)10-8-16/h7-13,17H,5-6,14H2,1-4H3,(H3,25,26,27,28). The molecule has 30 heavy (non-hydrogen) atoms. The van der Waals surface area contributed by atoms with Crippen LogP contribution in [0.15, 0.2) is 42.5 Å². The zero-order valence-corrected chi connectivity index (χ0v) is 18.1. The molecule has 0 bridgehead atoms. The minimum Gasteiger partial charge on any atom is -0.497 e. The van der Waals surface area contributed by atoms with E-state index in [-0.39, 0.29) is 0 Å². The van der Waals surface area contributed by atoms with E-state index < -0.39 is 0 Å². The lowest BCUT2D eigenvalue weighted by Crippen LogP contribution is -2.08. The van der Waals surface area contributed by atoms with E-state index in [2.05, 4.69) is 47.8 Å². The number of aryl methyl sites for hydroxylation is 1. The van der Waals surface area contributed by atoms with E-state index in [1.165, 1.54) is 11.2 Å². The SMILES string of the molecule is CCC(CC)n1c(C)cc2c3c(N)nc(NCc4ccc(OC)cc4)nc3ccc21. The summed E-state index contributed by atoms with van der Waals surface area (Å²) in [5.74, 6) is 1.88. The highest BCUT2D eigenvalue weighted by molar-refractivity contribution is 6.10. The molecule has 6 heteroatoms. The number of nitrogens with zero attached hydrogens (tertiary/aromatic N) is 3. The smallest absolute Gasteiger partial charge is 0.225 e. The molecule has 2 aromatic carbocycles. The number of benzene rings is 2. The van der Waals surface area contributed by atoms with Crippen molar-refractivity contribution in [2.45, 2.75) is 46.2 Å². The summed E-state index contributed by atoms with van der Waals surface area (Å²) in [6.07, 6.45) is 2.19. The molecule has 0 spiro atoms. The van der Waals surface area contributed by atoms with Crippen molar-refractivity contribution in [1.29, 1.82) is 0 Å². The number of hydrogen-bond donors (Lipinski definition) is 2. The molecule has 0 atom stereocenters. The number of nitrogen functional groups attached to an aromatic ring is 1. The average Bonchev–Trinajstić information content (AvgIpc) is 3.09. The highest BCUT2D eigenvalue weighted by atomic mass is 16.5. The molecular weight excluding hydrogens is 374 g/mol. The predicted octanol–water partition coefficient (Wildman–Crippen LogP) is 5.46. The molecule has 3 N–H and O–H groups in total. The summed E-state index contributed by atoms with van der Waals surface area (Å²) in [5, 5.41) is 5.33. The number of nitrogens with two attached hydrogens (primary N) is 1. The van der Waals surface area contributed by atoms with Crippen LogP contribution in [0.5, 0.6) is 5.75 Å². The quantitative estimate of drug-likeness (QED) is 0.429. The lowest BCUT2D eigenvalue weighted by atomic mass is 10.1. The van der Waals surface area contributed by atoms with E-state index in [0.29, 0.717) is 24.4 Å². The molecule has 0 saturated carbocycles. The van der Waals surface area contributed by atoms with Gasteiger partial charge in [0.05, 0.1) is 18.0 Å². The third kappa shape index (κ3) is 3.54. The number of hydrogen-bond acceptors (Lipinski definition) is 5. The first-order chi connectivity index (χ1) is 14.5. The Morgan fingerprint density at radius 2 is 1.80 bits per heavy atom. The topological polar surface area (TPSA) is 78.0 Å². The predicted molar refractivity (Wildman–Crippen MR) is 124 cm³/mol. The van der Waals surface area contributed by atoms with Gasteiger partial charge in [-0.1, -0.05) is 26.0 Å². The Balaban J connectivity index is 1.69. The van der Waals surface area contributed by atoms with Crippen molar-refractivity contribution in [1.82, 2.24) is 14.5 Å². The van der Waals surface area contributed by atoms with Crippen LogP contribution in [0.4, 0.5) is 11.8 Å². The molecular formula is C24H29N5O. The van der Waals surface area contributed by atoms with Crippen molar-refractivity contribution in [2.24, 2.45) is 0 Å². The fourth-order valence-electron chi connectivity index (χ4n) is 4.24. The summed E-state index contributed by atoms with van der Waals surface area (Å²) in [6.45, 7) is 7.24. The number of rotatable bonds is 7. The lowest BCUT2D eigenvalue weighted by molar-refractivity contribution is 0.414. The molecule has 2 aromatic heterocycles. The van der Waals surface area contributed by atoms with E-state index in [1.807, 2.05) is 30.3 Å². The molecule has 0 amide bonds. The number of anilines is 2. The molecule has 0 radical (unpaired) electrons. The van der Waals surface area contributed by atoms with Gasteiger partial charge in [-0.15, -0.1) is 0 Å². The number of fused-ring (bicyclic) bond motifs is 3. The van der Waals surface area contributed by atoms with Gasteiger partial charge in [-0.25, -0.2) is 4.98 Å². The molecule has 156 valence electrons. The molecule has 6 nitrogen and oxygen atoms in total. The zero-order chi connectivity index (χ0) is 21.3. The van der Waals surface area contributed by atoms with Crippen LogP contribution >= 0.6 is 0 Å². The van der Waals surface area contributed by atoms with E-state index in [4.69, 9.17) is 15.5 Å². The lowest BCUT2D eigenvalue weighted by Gasteiger charge is -2.19. The maximum absolute atomic E-state index is 6.41. The summed E-state index contributed by atoms with van der Waals surface area (Å²) in [5.41, 5.74) is 10.8. The Kier molecular flexibility index (Phi) is 5.48. The van der Waals surface area contributed by atoms with Gasteiger partial charge in [-0.2, -0.15) is 4.98 Å². The van der Waals surface area contributed by atoms with Gasteiger partial charge in [-0.3, -0.25) is 0 Å². The molecule has 0 aliphatic rings. The molecule has 0 fully saturated rings. The van der Waals surface area contributed by atoms with Gasteiger partial charge in [0.15, 0.2) is 0 Å². The number of ether oxygens (including phenoxy) is 1. The van der Waals surface area contributed by atoms with Crippen LogP contribution in [-0.2, 0) is 6.54 Å². The Morgan fingerprint density at radius 3 is 2.47 bits per heavy atom. The molecule has 4 aromatic rings. The van der Waals surface area contributed by atoms with Crippen LogP contribution < -0.4 is 15.8 Å². The largest absolute Gasteiger partial charge is 0.497 e. The Labute approximate surface area is 177 Å². The van der Waals surface area contributed by atoms with Gasteiger partial charge >= 0.3 is 0 Å². The fraction of sp³-hybridized carbons (Fsp3) is 0.333. The molecule has 4 rings (SSSR count). The van der Waals surface area contributed by atoms with Crippen LogP contribution in [0.25, 0.3) is 21.8 Å². The minimum absolute atomic E-state index is 0.479. The number of nitrogens with one attached hydrogen (secondary N) is 1. The number of aromatic nitrogens is 3. The molecule has 0 aliphatic heterocycles. The van der Waals surface area contributed by atoms with Crippen molar-refractivity contribution in [3.8, 4) is 5.75 Å². The Hall–Kier alpha value is -3.28. The number of methoxy groups -OCH3 is 1. The summed E-state index contributed by atoms with van der Waals surface area (Å²) in [7, 11) is 1.66. The maximum Gasteiger partial charge on any atom is 0.225 e. The maximum atomic E-state index is 6.41. The van der Waals surface area contributed by atoms with Crippen molar-refractivity contribution in [3.63, 3.8) is 0 Å². The summed E-state index contributed by atoms with van der Waals surface area (Å²) >= 11 is 0. The average molecular weight is 404 g/mol. The molecule has 0 aliphatic carbocycles. The van der Waals surface area contributed by atoms with Crippen LogP contribution in [0, 0.1) is 6.92 Å². The second-order valence-corrected chi connectivity index (χ2v) is 7.65. The van der Waals surface area contributed by atoms with Crippen LogP contribution in [0.3, 0.4) is 0 Å². The first kappa shape index (κ1) is 20.0. The van der Waals surface area contributed by atoms with Crippen molar-refractivity contribution < 1.29 is 4.74 Å². The van der Waals surface area contributed by atoms with E-state index in [1.54, 1.807) is 7.11 Å². The summed E-state index contributed by atoms with van der Waals surface area (Å²) < 4.78 is 7.63. The fourth-order valence-corrected chi connectivity index (χ4v) is 4.24. The van der Waals surface area contributed by atoms with Crippen molar-refractivity contribution in [3.05, 3.63) is 53.7 Å². The van der Waals surface area contributed by atoms with Gasteiger partial charge in [0, 0.05) is 29.2 Å². The van der Waals surface area contributed by atoms with Gasteiger partial charge in [0.25, 0.3) is 0 Å². The highest BCUT2D eigenvalue weighted by Gasteiger charge is 2.17. The Morgan fingerprint density at radius 1 is 1.07 bits per heavy atom. The van der Waals surface area contributed by atoms with Gasteiger partial charge in [0.1, 0.15) is 11.6 Å². The third-order valence-corrected chi connectivity index (χ3v) is 5.82. The third-order valence-electron chi connectivity index (χ3n) is 5.82. The molecule has 0 saturated heterocycles. The normalized spacial score (nSPS) is 11.5. The second kappa shape index (κ2) is 8.22. The summed E-state index contributed by atoms with van der Waals surface area (Å²) in [4.78, 5) is 9.27. The summed E-state index contributed by atoms with van der Waals surface area (Å²) in [6, 6.07) is 14.8. The first-order valence-corrected chi connectivity index (χ1v) is 10.5. The van der Waals surface area contributed by atoms with Crippen LogP contribution in [0.1, 0.15) is 44.0 Å². The van der Waals surface area contributed by atoms with E-state index in [9.17, 15) is 0 Å². The second-order valence-electron chi connectivity index (χ2n) is 7.65. The van der Waals surface area contributed by atoms with Crippen LogP contribution in [-0.4, -0.2) is 21.6 Å². The molecule has 0 unspecified atom stereocenters. The van der Waals surface area contributed by atoms with E-state index >= 15 is 0 Å². The van der Waals surface area contributed by atoms with Gasteiger partial charge in [0.2, 0.25) is 5.95 Å². The van der Waals surface area contributed by atoms with Crippen LogP contribution in [0.2, 0.25) is 0 Å². The minimum atomic E-state index is 0.479. The van der Waals surface area contributed by atoms with Gasteiger partial charge < -0.3 is 20.4 Å². The van der Waals surface area contributed by atoms with E-state index in [0.717, 1.165) is 40.4 Å². The zero-order valence-electron chi connectivity index (χ0n) is 18.1. The first-order valence-electron chi connectivity index (χ1n) is 10.5. The van der Waals surface area contributed by atoms with Crippen molar-refractivity contribution in [2.75, 3.05) is 18.2 Å². The monoisotopic (exact) mass is 403 g/mol. The Bertz CT molecular complexity index is 1180. The van der Waals surface area contributed by atoms with Crippen molar-refractivity contribution >= 4 is 33.6 Å². The highest BCUT2D eigenvalue weighted by Crippen LogP contribution is 2.34. The van der Waals surface area contributed by atoms with Gasteiger partial charge in [-0.05, 0) is 55.7 Å². The molecule has 2 heterocycles.